The Morgan fingerprint density at radius 1 is 1.73 bits per heavy atom. The molecule has 4 heteroatoms. The third-order valence-electron chi connectivity index (χ3n) is 1.14. The summed E-state index contributed by atoms with van der Waals surface area (Å²) in [6.07, 6.45) is 3.29. The number of nitrogens with one attached hydrogen (secondary N) is 1. The van der Waals surface area contributed by atoms with Crippen molar-refractivity contribution < 1.29 is 0 Å². The second-order valence-corrected chi connectivity index (χ2v) is 1.94. The molecule has 4 nitrogen and oxygen atoms in total. The predicted molar refractivity (Wildman–Crippen MR) is 46.4 cm³/mol. The van der Waals surface area contributed by atoms with Gasteiger partial charge in [0.15, 0.2) is 5.82 Å². The number of aromatic nitrogens is 1. The van der Waals surface area contributed by atoms with Crippen LogP contribution in [0.4, 0.5) is 11.5 Å². The molecule has 3 N–H and O–H groups in total. The largest absolute Gasteiger partial charge is 0.396 e. The van der Waals surface area contributed by atoms with Gasteiger partial charge in [-0.1, -0.05) is 0 Å². The quantitative estimate of drug-likeness (QED) is 0.489. The topological polar surface area (TPSA) is 63.3 Å². The lowest BCUT2D eigenvalue weighted by molar-refractivity contribution is 1.23. The van der Waals surface area contributed by atoms with E-state index in [4.69, 9.17) is 5.73 Å². The second-order valence-electron chi connectivity index (χ2n) is 1.94. The molecule has 0 aromatic carbocycles. The average molecular weight is 150 g/mol. The molecule has 1 aromatic heterocycles. The Morgan fingerprint density at radius 3 is 3.18 bits per heavy atom. The van der Waals surface area contributed by atoms with E-state index >= 15 is 0 Å². The fourth-order valence-corrected chi connectivity index (χ4v) is 0.637. The van der Waals surface area contributed by atoms with Gasteiger partial charge in [0, 0.05) is 12.4 Å². The van der Waals surface area contributed by atoms with E-state index < -0.39 is 0 Å². The third-order valence-corrected chi connectivity index (χ3v) is 1.14. The number of hydrazone groups is 1. The molecule has 0 aliphatic rings. The molecule has 0 saturated heterocycles. The Labute approximate surface area is 65.1 Å². The van der Waals surface area contributed by atoms with Crippen molar-refractivity contribution in [2.45, 2.75) is 6.92 Å². The summed E-state index contributed by atoms with van der Waals surface area (Å²) in [5.41, 5.74) is 8.85. The summed E-state index contributed by atoms with van der Waals surface area (Å²) >= 11 is 0. The van der Waals surface area contributed by atoms with Crippen molar-refractivity contribution >= 4 is 17.7 Å². The van der Waals surface area contributed by atoms with Gasteiger partial charge < -0.3 is 5.73 Å². The van der Waals surface area contributed by atoms with Crippen LogP contribution in [0.1, 0.15) is 6.92 Å². The lowest BCUT2D eigenvalue weighted by atomic mass is 10.4. The number of rotatable bonds is 2. The SMILES string of the molecule is C/C=N\Nc1ncccc1N. The van der Waals surface area contributed by atoms with Crippen LogP contribution in [-0.2, 0) is 0 Å². The minimum atomic E-state index is 0.589. The molecule has 0 bridgehead atoms. The number of nitrogen functional groups attached to an aromatic ring is 1. The molecule has 0 radical (unpaired) electrons. The Morgan fingerprint density at radius 2 is 2.55 bits per heavy atom. The number of nitrogens with two attached hydrogens (primary N) is 1. The molecule has 0 aliphatic carbocycles. The monoisotopic (exact) mass is 150 g/mol. The maximum Gasteiger partial charge on any atom is 0.169 e. The van der Waals surface area contributed by atoms with Gasteiger partial charge in [-0.25, -0.2) is 4.98 Å². The van der Waals surface area contributed by atoms with Gasteiger partial charge in [-0.2, -0.15) is 5.10 Å². The molecule has 0 atom stereocenters. The second kappa shape index (κ2) is 3.55. The first-order chi connectivity index (χ1) is 5.34. The molecular formula is C7H10N4. The van der Waals surface area contributed by atoms with E-state index in [-0.39, 0.29) is 0 Å². The summed E-state index contributed by atoms with van der Waals surface area (Å²) in [6, 6.07) is 3.54. The van der Waals surface area contributed by atoms with Crippen molar-refractivity contribution in [1.82, 2.24) is 4.98 Å². The highest BCUT2D eigenvalue weighted by atomic mass is 15.3. The third kappa shape index (κ3) is 1.93. The van der Waals surface area contributed by atoms with E-state index in [9.17, 15) is 0 Å². The first-order valence-electron chi connectivity index (χ1n) is 3.28. The zero-order valence-corrected chi connectivity index (χ0v) is 6.28. The molecular weight excluding hydrogens is 140 g/mol. The van der Waals surface area contributed by atoms with Gasteiger partial charge in [-0.15, -0.1) is 0 Å². The maximum atomic E-state index is 5.56. The summed E-state index contributed by atoms with van der Waals surface area (Å²) < 4.78 is 0. The van der Waals surface area contributed by atoms with Crippen LogP contribution in [0.2, 0.25) is 0 Å². The highest BCUT2D eigenvalue weighted by Crippen LogP contribution is 2.11. The number of hydrogen-bond acceptors (Lipinski definition) is 4. The minimum Gasteiger partial charge on any atom is -0.396 e. The van der Waals surface area contributed by atoms with Crippen LogP contribution in [0.25, 0.3) is 0 Å². The minimum absolute atomic E-state index is 0.589. The molecule has 0 spiro atoms. The maximum absolute atomic E-state index is 5.56. The van der Waals surface area contributed by atoms with Gasteiger partial charge in [-0.3, -0.25) is 5.43 Å². The van der Waals surface area contributed by atoms with Crippen molar-refractivity contribution in [3.05, 3.63) is 18.3 Å². The normalized spacial score (nSPS) is 10.3. The van der Waals surface area contributed by atoms with Gasteiger partial charge in [0.05, 0.1) is 5.69 Å². The molecule has 1 rings (SSSR count). The fourth-order valence-electron chi connectivity index (χ4n) is 0.637. The lowest BCUT2D eigenvalue weighted by Crippen LogP contribution is -1.97. The summed E-state index contributed by atoms with van der Waals surface area (Å²) in [6.45, 7) is 1.81. The van der Waals surface area contributed by atoms with E-state index in [0.29, 0.717) is 11.5 Å². The standard InChI is InChI=1S/C7H10N4/c1-2-10-11-7-6(8)4-3-5-9-7/h2-5H,8H2,1H3,(H,9,11)/b10-2-. The molecule has 1 aromatic rings. The van der Waals surface area contributed by atoms with Gasteiger partial charge >= 0.3 is 0 Å². The van der Waals surface area contributed by atoms with Crippen LogP contribution in [0.15, 0.2) is 23.4 Å². The first kappa shape index (κ1) is 7.53. The van der Waals surface area contributed by atoms with Crippen LogP contribution in [-0.4, -0.2) is 11.2 Å². The molecule has 11 heavy (non-hydrogen) atoms. The van der Waals surface area contributed by atoms with Crippen molar-refractivity contribution in [3.8, 4) is 0 Å². The van der Waals surface area contributed by atoms with Gasteiger partial charge in [0.2, 0.25) is 0 Å². The smallest absolute Gasteiger partial charge is 0.169 e. The lowest BCUT2D eigenvalue weighted by Gasteiger charge is -2.00. The Kier molecular flexibility index (Phi) is 2.43. The zero-order chi connectivity index (χ0) is 8.10. The van der Waals surface area contributed by atoms with Crippen molar-refractivity contribution in [2.75, 3.05) is 11.2 Å². The number of pyridine rings is 1. The highest BCUT2D eigenvalue weighted by Gasteiger charge is 1.93. The molecule has 0 amide bonds. The molecule has 0 aliphatic heterocycles. The summed E-state index contributed by atoms with van der Waals surface area (Å²) in [4.78, 5) is 3.97. The van der Waals surface area contributed by atoms with Crippen molar-refractivity contribution in [3.63, 3.8) is 0 Å². The van der Waals surface area contributed by atoms with E-state index in [1.165, 1.54) is 0 Å². The van der Waals surface area contributed by atoms with Crippen LogP contribution in [0.5, 0.6) is 0 Å². The highest BCUT2D eigenvalue weighted by molar-refractivity contribution is 5.62. The van der Waals surface area contributed by atoms with Crippen molar-refractivity contribution in [2.24, 2.45) is 5.10 Å². The summed E-state index contributed by atoms with van der Waals surface area (Å²) in [5.74, 6) is 0.589. The molecule has 0 saturated carbocycles. The van der Waals surface area contributed by atoms with E-state index in [0.717, 1.165) is 0 Å². The Balaban J connectivity index is 2.77. The van der Waals surface area contributed by atoms with E-state index in [1.54, 1.807) is 24.5 Å². The van der Waals surface area contributed by atoms with E-state index in [1.807, 2.05) is 6.92 Å². The number of nitrogens with zero attached hydrogens (tertiary/aromatic N) is 2. The van der Waals surface area contributed by atoms with Crippen molar-refractivity contribution in [1.29, 1.82) is 0 Å². The van der Waals surface area contributed by atoms with Crippen LogP contribution in [0.3, 0.4) is 0 Å². The molecule has 58 valence electrons. The van der Waals surface area contributed by atoms with Crippen LogP contribution >= 0.6 is 0 Å². The Bertz CT molecular complexity index is 256. The van der Waals surface area contributed by atoms with Gasteiger partial charge in [0.25, 0.3) is 0 Å². The van der Waals surface area contributed by atoms with Crippen LogP contribution < -0.4 is 11.2 Å². The summed E-state index contributed by atoms with van der Waals surface area (Å²) in [5, 5.41) is 3.79. The zero-order valence-electron chi connectivity index (χ0n) is 6.28. The average Bonchev–Trinajstić information content (AvgIpc) is 2.03. The Hall–Kier alpha value is -1.58. The fraction of sp³-hybridized carbons (Fsp3) is 0.143. The van der Waals surface area contributed by atoms with Crippen LogP contribution in [0, 0.1) is 0 Å². The molecule has 0 fully saturated rings. The molecule has 0 unspecified atom stereocenters. The number of hydrogen-bond donors (Lipinski definition) is 2. The predicted octanol–water partition coefficient (Wildman–Crippen LogP) is 1.08. The van der Waals surface area contributed by atoms with E-state index in [2.05, 4.69) is 15.5 Å². The molecule has 1 heterocycles. The number of anilines is 2. The summed E-state index contributed by atoms with van der Waals surface area (Å²) in [7, 11) is 0. The van der Waals surface area contributed by atoms with Gasteiger partial charge in [-0.05, 0) is 19.1 Å². The van der Waals surface area contributed by atoms with Gasteiger partial charge in [0.1, 0.15) is 0 Å². The first-order valence-corrected chi connectivity index (χ1v) is 3.28.